The first-order valence-corrected chi connectivity index (χ1v) is 5.67. The first-order valence-electron chi connectivity index (χ1n) is 5.67. The van der Waals surface area contributed by atoms with Crippen LogP contribution in [0.4, 0.5) is 0 Å². The van der Waals surface area contributed by atoms with Gasteiger partial charge in [0.15, 0.2) is 0 Å². The lowest BCUT2D eigenvalue weighted by atomic mass is 9.82. The Bertz CT molecular complexity index is 383. The third-order valence-corrected chi connectivity index (χ3v) is 3.43. The molecule has 1 aromatic carbocycles. The maximum Gasteiger partial charge on any atom is 0.0874 e. The number of hydrogen-bond acceptors (Lipinski definition) is 1. The maximum atomic E-state index is 10.2. The molecule has 1 aliphatic rings. The van der Waals surface area contributed by atoms with E-state index in [1.165, 1.54) is 11.1 Å². The van der Waals surface area contributed by atoms with Crippen LogP contribution in [0.3, 0.4) is 0 Å². The highest BCUT2D eigenvalue weighted by Gasteiger charge is 2.34. The lowest BCUT2D eigenvalue weighted by molar-refractivity contribution is 0.0594. The zero-order chi connectivity index (χ0) is 11.3. The summed E-state index contributed by atoms with van der Waals surface area (Å²) in [7, 11) is 0. The smallest absolute Gasteiger partial charge is 0.0874 e. The van der Waals surface area contributed by atoms with Crippen molar-refractivity contribution in [1.82, 2.24) is 0 Å². The van der Waals surface area contributed by atoms with Crippen LogP contribution in [-0.2, 0) is 17.4 Å². The predicted octanol–water partition coefficient (Wildman–Crippen LogP) is 3.14. The monoisotopic (exact) mass is 204 g/mol. The summed E-state index contributed by atoms with van der Waals surface area (Å²) in [5.41, 5.74) is 3.45. The van der Waals surface area contributed by atoms with Gasteiger partial charge in [-0.05, 0) is 41.9 Å². The van der Waals surface area contributed by atoms with Gasteiger partial charge in [0.1, 0.15) is 0 Å². The van der Waals surface area contributed by atoms with Crippen molar-refractivity contribution < 1.29 is 5.11 Å². The van der Waals surface area contributed by atoms with Crippen LogP contribution in [0.5, 0.6) is 0 Å². The number of benzene rings is 1. The van der Waals surface area contributed by atoms with Crippen molar-refractivity contribution in [2.45, 2.75) is 51.6 Å². The molecule has 1 N–H and O–H groups in total. The van der Waals surface area contributed by atoms with E-state index >= 15 is 0 Å². The van der Waals surface area contributed by atoms with Gasteiger partial charge in [-0.1, -0.05) is 39.0 Å². The van der Waals surface area contributed by atoms with Gasteiger partial charge in [0.05, 0.1) is 5.60 Å². The molecule has 15 heavy (non-hydrogen) atoms. The normalized spacial score (nSPS) is 25.4. The van der Waals surface area contributed by atoms with Crippen LogP contribution in [0.25, 0.3) is 0 Å². The zero-order valence-corrected chi connectivity index (χ0v) is 10.1. The molecule has 1 aromatic rings. The maximum absolute atomic E-state index is 10.2. The molecule has 0 radical (unpaired) electrons. The van der Waals surface area contributed by atoms with Crippen molar-refractivity contribution in [1.29, 1.82) is 0 Å². The zero-order valence-electron chi connectivity index (χ0n) is 10.1. The molecule has 0 amide bonds. The summed E-state index contributed by atoms with van der Waals surface area (Å²) in [6, 6.07) is 6.33. The minimum absolute atomic E-state index is 0.172. The van der Waals surface area contributed by atoms with E-state index in [2.05, 4.69) is 39.0 Å². The molecule has 0 aliphatic heterocycles. The average Bonchev–Trinajstić information content (AvgIpc) is 2.41. The number of fused-ring (bicyclic) bond motifs is 1. The first-order chi connectivity index (χ1) is 6.82. The molecule has 1 atom stereocenters. The van der Waals surface area contributed by atoms with Crippen molar-refractivity contribution in [2.24, 2.45) is 0 Å². The van der Waals surface area contributed by atoms with Gasteiger partial charge in [-0.3, -0.25) is 0 Å². The van der Waals surface area contributed by atoms with E-state index < -0.39 is 5.60 Å². The largest absolute Gasteiger partial charge is 0.385 e. The van der Waals surface area contributed by atoms with Gasteiger partial charge >= 0.3 is 0 Å². The second kappa shape index (κ2) is 3.08. The fourth-order valence-electron chi connectivity index (χ4n) is 2.57. The van der Waals surface area contributed by atoms with Gasteiger partial charge in [0, 0.05) is 0 Å². The highest BCUT2D eigenvalue weighted by Crippen LogP contribution is 2.41. The molecule has 0 aromatic heterocycles. The lowest BCUT2D eigenvalue weighted by Crippen LogP contribution is -2.18. The van der Waals surface area contributed by atoms with Crippen LogP contribution in [0.15, 0.2) is 18.2 Å². The summed E-state index contributed by atoms with van der Waals surface area (Å²) in [5, 5.41) is 10.2. The minimum Gasteiger partial charge on any atom is -0.385 e. The Balaban J connectivity index is 2.60. The Morgan fingerprint density at radius 1 is 1.27 bits per heavy atom. The van der Waals surface area contributed by atoms with Crippen molar-refractivity contribution in [3.63, 3.8) is 0 Å². The third kappa shape index (κ3) is 1.69. The van der Waals surface area contributed by atoms with E-state index in [-0.39, 0.29) is 5.41 Å². The number of rotatable bonds is 0. The van der Waals surface area contributed by atoms with Crippen LogP contribution in [0.1, 0.15) is 50.8 Å². The molecule has 0 unspecified atom stereocenters. The molecule has 0 fully saturated rings. The number of aliphatic hydroxyl groups is 1. The molecule has 0 spiro atoms. The molecule has 0 heterocycles. The summed E-state index contributed by atoms with van der Waals surface area (Å²) in [6.07, 6.45) is 1.87. The second-order valence-electron chi connectivity index (χ2n) is 5.86. The molecule has 1 heteroatoms. The Kier molecular flexibility index (Phi) is 2.20. The van der Waals surface area contributed by atoms with E-state index in [4.69, 9.17) is 0 Å². The quantitative estimate of drug-likeness (QED) is 0.688. The van der Waals surface area contributed by atoms with Gasteiger partial charge in [-0.2, -0.15) is 0 Å². The summed E-state index contributed by atoms with van der Waals surface area (Å²) >= 11 is 0. The summed E-state index contributed by atoms with van der Waals surface area (Å²) in [6.45, 7) is 8.62. The van der Waals surface area contributed by atoms with E-state index in [0.717, 1.165) is 18.4 Å². The molecular weight excluding hydrogens is 184 g/mol. The van der Waals surface area contributed by atoms with Crippen LogP contribution in [0.2, 0.25) is 0 Å². The van der Waals surface area contributed by atoms with Crippen LogP contribution in [-0.4, -0.2) is 5.11 Å². The van der Waals surface area contributed by atoms with E-state index in [9.17, 15) is 5.11 Å². The molecule has 82 valence electrons. The average molecular weight is 204 g/mol. The Hall–Kier alpha value is -0.820. The van der Waals surface area contributed by atoms with Crippen LogP contribution >= 0.6 is 0 Å². The van der Waals surface area contributed by atoms with Gasteiger partial charge in [0.2, 0.25) is 0 Å². The van der Waals surface area contributed by atoms with Gasteiger partial charge in [-0.15, -0.1) is 0 Å². The van der Waals surface area contributed by atoms with Gasteiger partial charge < -0.3 is 5.11 Å². The van der Waals surface area contributed by atoms with E-state index in [1.54, 1.807) is 0 Å². The molecule has 0 saturated carbocycles. The van der Waals surface area contributed by atoms with Gasteiger partial charge in [-0.25, -0.2) is 0 Å². The Labute approximate surface area is 92.1 Å². The highest BCUT2D eigenvalue weighted by atomic mass is 16.3. The van der Waals surface area contributed by atoms with Crippen LogP contribution in [0, 0.1) is 0 Å². The Morgan fingerprint density at radius 2 is 1.93 bits per heavy atom. The minimum atomic E-state index is -0.614. The molecule has 1 nitrogen and oxygen atoms in total. The molecular formula is C14H20O. The predicted molar refractivity (Wildman–Crippen MR) is 63.0 cm³/mol. The second-order valence-corrected chi connectivity index (χ2v) is 5.86. The highest BCUT2D eigenvalue weighted by molar-refractivity contribution is 5.45. The summed E-state index contributed by atoms with van der Waals surface area (Å²) in [4.78, 5) is 0. The van der Waals surface area contributed by atoms with Crippen LogP contribution < -0.4 is 0 Å². The molecule has 2 rings (SSSR count). The van der Waals surface area contributed by atoms with E-state index in [1.807, 2.05) is 6.92 Å². The van der Waals surface area contributed by atoms with Gasteiger partial charge in [0.25, 0.3) is 0 Å². The van der Waals surface area contributed by atoms with Crippen molar-refractivity contribution >= 4 is 0 Å². The van der Waals surface area contributed by atoms with Crippen molar-refractivity contribution in [2.75, 3.05) is 0 Å². The molecule has 0 bridgehead atoms. The number of hydrogen-bond donors (Lipinski definition) is 1. The third-order valence-electron chi connectivity index (χ3n) is 3.43. The summed E-state index contributed by atoms with van der Waals surface area (Å²) in [5.74, 6) is 0. The fourth-order valence-corrected chi connectivity index (χ4v) is 2.57. The Morgan fingerprint density at radius 3 is 2.53 bits per heavy atom. The SMILES string of the molecule is CC(C)(C)c1cccc2c1CC[C@]2(C)O. The van der Waals surface area contributed by atoms with Crippen molar-refractivity contribution in [3.05, 3.63) is 34.9 Å². The standard InChI is InChI=1S/C14H20O/c1-13(2,3)11-6-5-7-12-10(11)8-9-14(12,4)15/h5-7,15H,8-9H2,1-4H3/t14-/m0/s1. The molecule has 1 aliphatic carbocycles. The van der Waals surface area contributed by atoms with E-state index in [0.29, 0.717) is 0 Å². The first kappa shape index (κ1) is 10.7. The topological polar surface area (TPSA) is 20.2 Å². The molecule has 0 saturated heterocycles. The lowest BCUT2D eigenvalue weighted by Gasteiger charge is -2.24. The van der Waals surface area contributed by atoms with Crippen molar-refractivity contribution in [3.8, 4) is 0 Å². The summed E-state index contributed by atoms with van der Waals surface area (Å²) < 4.78 is 0. The fraction of sp³-hybridized carbons (Fsp3) is 0.571.